The van der Waals surface area contributed by atoms with E-state index in [0.717, 1.165) is 42.3 Å². The molecule has 6 heteroatoms. The van der Waals surface area contributed by atoms with Gasteiger partial charge in [-0.15, -0.1) is 0 Å². The molecule has 1 atom stereocenters. The highest BCUT2D eigenvalue weighted by Crippen LogP contribution is 2.38. The summed E-state index contributed by atoms with van der Waals surface area (Å²) in [4.78, 5) is 31.7. The van der Waals surface area contributed by atoms with Gasteiger partial charge in [-0.1, -0.05) is 6.07 Å². The van der Waals surface area contributed by atoms with Crippen molar-refractivity contribution in [2.24, 2.45) is 0 Å². The van der Waals surface area contributed by atoms with E-state index in [4.69, 9.17) is 0 Å². The van der Waals surface area contributed by atoms with Gasteiger partial charge in [0, 0.05) is 35.7 Å². The highest BCUT2D eigenvalue weighted by molar-refractivity contribution is 5.98. The van der Waals surface area contributed by atoms with Crippen molar-refractivity contribution in [3.63, 3.8) is 0 Å². The molecule has 1 aromatic carbocycles. The fourth-order valence-corrected chi connectivity index (χ4v) is 4.06. The Morgan fingerprint density at radius 1 is 1.11 bits per heavy atom. The number of hydrogen-bond donors (Lipinski definition) is 0. The van der Waals surface area contributed by atoms with Gasteiger partial charge in [0.2, 0.25) is 0 Å². The maximum Gasteiger partial charge on any atom is 0.266 e. The fourth-order valence-electron chi connectivity index (χ4n) is 4.06. The van der Waals surface area contributed by atoms with Gasteiger partial charge in [-0.25, -0.2) is 4.68 Å². The molecule has 2 aromatic heterocycles. The Morgan fingerprint density at radius 2 is 2.00 bits per heavy atom. The number of nitrogens with zero attached hydrogens (tertiary/aromatic N) is 4. The summed E-state index contributed by atoms with van der Waals surface area (Å²) < 4.78 is 1.55. The van der Waals surface area contributed by atoms with Gasteiger partial charge in [-0.2, -0.15) is 5.10 Å². The summed E-state index contributed by atoms with van der Waals surface area (Å²) in [5, 5.41) is 5.52. The number of rotatable bonds is 4. The van der Waals surface area contributed by atoms with Gasteiger partial charge in [-0.3, -0.25) is 14.6 Å². The molecule has 1 aliphatic carbocycles. The maximum absolute atomic E-state index is 13.2. The molecule has 1 saturated heterocycles. The van der Waals surface area contributed by atoms with E-state index in [1.54, 1.807) is 16.9 Å². The highest BCUT2D eigenvalue weighted by atomic mass is 16.2. The second-order valence-electron chi connectivity index (χ2n) is 7.76. The fraction of sp³-hybridized carbons (Fsp3) is 0.364. The molecule has 142 valence electrons. The van der Waals surface area contributed by atoms with Crippen molar-refractivity contribution >= 4 is 16.8 Å². The molecule has 1 aliphatic heterocycles. The topological polar surface area (TPSA) is 68.1 Å². The van der Waals surface area contributed by atoms with Crippen molar-refractivity contribution in [1.82, 2.24) is 19.7 Å². The lowest BCUT2D eigenvalue weighted by Gasteiger charge is -2.25. The molecular formula is C22H22N4O2. The third-order valence-corrected chi connectivity index (χ3v) is 5.75. The molecule has 2 aliphatic rings. The molecule has 3 heterocycles. The largest absolute Gasteiger partial charge is 0.334 e. The molecule has 6 nitrogen and oxygen atoms in total. The van der Waals surface area contributed by atoms with Crippen LogP contribution in [0.25, 0.3) is 10.9 Å². The third-order valence-electron chi connectivity index (χ3n) is 5.75. The molecule has 2 fully saturated rings. The number of fused-ring (bicyclic) bond motifs is 1. The highest BCUT2D eigenvalue weighted by Gasteiger charge is 2.31. The van der Waals surface area contributed by atoms with Crippen LogP contribution in [0.4, 0.5) is 0 Å². The zero-order valence-electron chi connectivity index (χ0n) is 15.6. The monoisotopic (exact) mass is 374 g/mol. The van der Waals surface area contributed by atoms with Crippen LogP contribution in [0, 0.1) is 0 Å². The van der Waals surface area contributed by atoms with Gasteiger partial charge >= 0.3 is 0 Å². The molecule has 0 radical (unpaired) electrons. The molecule has 0 N–H and O–H groups in total. The third kappa shape index (κ3) is 3.19. The number of aromatic nitrogens is 3. The van der Waals surface area contributed by atoms with Crippen LogP contribution in [0.15, 0.2) is 53.5 Å². The first-order chi connectivity index (χ1) is 13.7. The normalized spacial score (nSPS) is 19.3. The Labute approximate surface area is 162 Å². The van der Waals surface area contributed by atoms with E-state index in [1.165, 1.54) is 0 Å². The molecule has 5 rings (SSSR count). The second-order valence-corrected chi connectivity index (χ2v) is 7.76. The lowest BCUT2D eigenvalue weighted by molar-refractivity contribution is 0.0720. The molecule has 0 bridgehead atoms. The first-order valence-electron chi connectivity index (χ1n) is 9.93. The predicted molar refractivity (Wildman–Crippen MR) is 106 cm³/mol. The summed E-state index contributed by atoms with van der Waals surface area (Å²) in [7, 11) is 0. The van der Waals surface area contributed by atoms with Crippen LogP contribution in [0.5, 0.6) is 0 Å². The summed E-state index contributed by atoms with van der Waals surface area (Å²) in [6, 6.07) is 12.9. The number of benzene rings is 1. The SMILES string of the molecule is O=C(c1ccc2ncccc2c1)N1CCCC1Cn1nc(C2CC2)ccc1=O. The predicted octanol–water partition coefficient (Wildman–Crippen LogP) is 2.97. The molecule has 1 amide bonds. The second kappa shape index (κ2) is 6.86. The van der Waals surface area contributed by atoms with E-state index >= 15 is 0 Å². The summed E-state index contributed by atoms with van der Waals surface area (Å²) in [5.74, 6) is 0.513. The van der Waals surface area contributed by atoms with Crippen molar-refractivity contribution in [3.8, 4) is 0 Å². The summed E-state index contributed by atoms with van der Waals surface area (Å²) in [6.07, 6.45) is 5.89. The van der Waals surface area contributed by atoms with E-state index in [0.29, 0.717) is 24.6 Å². The van der Waals surface area contributed by atoms with Crippen molar-refractivity contribution in [2.45, 2.75) is 44.2 Å². The van der Waals surface area contributed by atoms with Gasteiger partial charge in [0.05, 0.1) is 23.8 Å². The molecule has 28 heavy (non-hydrogen) atoms. The standard InChI is InChI=1S/C22H22N4O2/c27-21-10-9-20(15-5-6-15)24-26(21)14-18-4-2-12-25(18)22(28)17-7-8-19-16(13-17)3-1-11-23-19/h1,3,7-11,13,15,18H,2,4-6,12,14H2. The lowest BCUT2D eigenvalue weighted by Crippen LogP contribution is -2.40. The Morgan fingerprint density at radius 3 is 2.86 bits per heavy atom. The Hall–Kier alpha value is -3.02. The Kier molecular flexibility index (Phi) is 4.19. The van der Waals surface area contributed by atoms with Crippen molar-refractivity contribution in [3.05, 3.63) is 70.3 Å². The minimum Gasteiger partial charge on any atom is -0.334 e. The average molecular weight is 374 g/mol. The zero-order chi connectivity index (χ0) is 19.1. The average Bonchev–Trinajstić information content (AvgIpc) is 3.47. The van der Waals surface area contributed by atoms with Crippen LogP contribution < -0.4 is 5.56 Å². The Bertz CT molecular complexity index is 1100. The molecule has 0 spiro atoms. The molecule has 1 saturated carbocycles. The number of likely N-dealkylation sites (tertiary alicyclic amines) is 1. The van der Waals surface area contributed by atoms with Crippen LogP contribution in [0.3, 0.4) is 0 Å². The van der Waals surface area contributed by atoms with Gasteiger partial charge in [0.1, 0.15) is 0 Å². The lowest BCUT2D eigenvalue weighted by atomic mass is 10.1. The molecular weight excluding hydrogens is 352 g/mol. The number of pyridine rings is 1. The Balaban J connectivity index is 1.39. The van der Waals surface area contributed by atoms with Crippen LogP contribution in [-0.4, -0.2) is 38.2 Å². The van der Waals surface area contributed by atoms with Crippen molar-refractivity contribution in [1.29, 1.82) is 0 Å². The van der Waals surface area contributed by atoms with Crippen LogP contribution in [-0.2, 0) is 6.54 Å². The van der Waals surface area contributed by atoms with Crippen molar-refractivity contribution in [2.75, 3.05) is 6.54 Å². The number of hydrogen-bond acceptors (Lipinski definition) is 4. The van der Waals surface area contributed by atoms with E-state index in [2.05, 4.69) is 10.1 Å². The van der Waals surface area contributed by atoms with Crippen LogP contribution in [0.2, 0.25) is 0 Å². The number of carbonyl (C=O) groups is 1. The van der Waals surface area contributed by atoms with E-state index < -0.39 is 0 Å². The number of amides is 1. The van der Waals surface area contributed by atoms with E-state index in [1.807, 2.05) is 41.3 Å². The van der Waals surface area contributed by atoms with Crippen molar-refractivity contribution < 1.29 is 4.79 Å². The van der Waals surface area contributed by atoms with Gasteiger partial charge < -0.3 is 4.90 Å². The number of carbonyl (C=O) groups excluding carboxylic acids is 1. The van der Waals surface area contributed by atoms with Crippen LogP contribution in [0.1, 0.15) is 47.7 Å². The first-order valence-corrected chi connectivity index (χ1v) is 9.93. The molecule has 3 aromatic rings. The summed E-state index contributed by atoms with van der Waals surface area (Å²) >= 11 is 0. The maximum atomic E-state index is 13.2. The van der Waals surface area contributed by atoms with E-state index in [-0.39, 0.29) is 17.5 Å². The summed E-state index contributed by atoms with van der Waals surface area (Å²) in [5.41, 5.74) is 2.45. The molecule has 1 unspecified atom stereocenters. The van der Waals surface area contributed by atoms with Gasteiger partial charge in [0.25, 0.3) is 11.5 Å². The minimum absolute atomic E-state index is 0.00301. The van der Waals surface area contributed by atoms with Crippen LogP contribution >= 0.6 is 0 Å². The summed E-state index contributed by atoms with van der Waals surface area (Å²) in [6.45, 7) is 1.17. The first kappa shape index (κ1) is 17.1. The van der Waals surface area contributed by atoms with E-state index in [9.17, 15) is 9.59 Å². The quantitative estimate of drug-likeness (QED) is 0.704. The van der Waals surface area contributed by atoms with Gasteiger partial charge in [0.15, 0.2) is 0 Å². The minimum atomic E-state index is -0.0968. The smallest absolute Gasteiger partial charge is 0.266 e. The zero-order valence-corrected chi connectivity index (χ0v) is 15.6. The van der Waals surface area contributed by atoms with Gasteiger partial charge in [-0.05, 0) is 56.0 Å².